The first-order chi connectivity index (χ1) is 5.70. The molecule has 0 bridgehead atoms. The number of carbonyl (C=O) groups is 1. The first-order valence-corrected chi connectivity index (χ1v) is 4.41. The Balaban J connectivity index is 1.99. The highest BCUT2D eigenvalue weighted by molar-refractivity contribution is 5.79. The molecule has 4 heteroatoms. The standard InChI is InChI=1S/C8H14N2O2/c11-6-1-3-8(4-2-6)5-9-7(12)10-8/h7,9-10,12H,1-5H2. The third kappa shape index (κ3) is 1.37. The van der Waals surface area contributed by atoms with E-state index < -0.39 is 6.35 Å². The van der Waals surface area contributed by atoms with Crippen LogP contribution < -0.4 is 10.6 Å². The van der Waals surface area contributed by atoms with E-state index in [4.69, 9.17) is 0 Å². The molecular formula is C8H14N2O2. The number of Topliss-reactive ketones (excluding diaryl/α,β-unsaturated/α-hetero) is 1. The van der Waals surface area contributed by atoms with E-state index in [0.29, 0.717) is 18.6 Å². The Labute approximate surface area is 71.3 Å². The normalized spacial score (nSPS) is 34.4. The van der Waals surface area contributed by atoms with Gasteiger partial charge in [0, 0.05) is 24.9 Å². The molecule has 1 atom stereocenters. The van der Waals surface area contributed by atoms with Gasteiger partial charge in [-0.05, 0) is 12.8 Å². The molecular weight excluding hydrogens is 156 g/mol. The molecule has 2 aliphatic rings. The summed E-state index contributed by atoms with van der Waals surface area (Å²) in [7, 11) is 0. The molecule has 1 saturated heterocycles. The molecule has 0 aromatic rings. The van der Waals surface area contributed by atoms with Crippen molar-refractivity contribution in [3.63, 3.8) is 0 Å². The van der Waals surface area contributed by atoms with Crippen LogP contribution in [0.2, 0.25) is 0 Å². The molecule has 12 heavy (non-hydrogen) atoms. The lowest BCUT2D eigenvalue weighted by atomic mass is 9.82. The van der Waals surface area contributed by atoms with Gasteiger partial charge in [0.1, 0.15) is 5.78 Å². The molecule has 1 spiro atoms. The number of carbonyl (C=O) groups excluding carboxylic acids is 1. The quantitative estimate of drug-likeness (QED) is 0.451. The fourth-order valence-corrected chi connectivity index (χ4v) is 2.01. The topological polar surface area (TPSA) is 61.4 Å². The summed E-state index contributed by atoms with van der Waals surface area (Å²) in [5.74, 6) is 0.351. The predicted molar refractivity (Wildman–Crippen MR) is 43.4 cm³/mol. The second-order valence-electron chi connectivity index (χ2n) is 3.75. The number of aliphatic hydroxyl groups excluding tert-OH is 1. The van der Waals surface area contributed by atoms with Crippen LogP contribution >= 0.6 is 0 Å². The van der Waals surface area contributed by atoms with Gasteiger partial charge < -0.3 is 5.11 Å². The summed E-state index contributed by atoms with van der Waals surface area (Å²) in [6, 6.07) is 0. The zero-order valence-corrected chi connectivity index (χ0v) is 6.97. The fourth-order valence-electron chi connectivity index (χ4n) is 2.01. The minimum absolute atomic E-state index is 0.00662. The number of nitrogens with one attached hydrogen (secondary N) is 2. The third-order valence-corrected chi connectivity index (χ3v) is 2.84. The summed E-state index contributed by atoms with van der Waals surface area (Å²) in [5, 5.41) is 15.2. The van der Waals surface area contributed by atoms with Crippen LogP contribution in [0.25, 0.3) is 0 Å². The second kappa shape index (κ2) is 2.80. The molecule has 68 valence electrons. The van der Waals surface area contributed by atoms with Crippen molar-refractivity contribution in [3.8, 4) is 0 Å². The molecule has 0 radical (unpaired) electrons. The van der Waals surface area contributed by atoms with E-state index >= 15 is 0 Å². The van der Waals surface area contributed by atoms with Crippen molar-refractivity contribution in [2.45, 2.75) is 37.6 Å². The molecule has 3 N–H and O–H groups in total. The second-order valence-corrected chi connectivity index (χ2v) is 3.75. The minimum Gasteiger partial charge on any atom is -0.365 e. The van der Waals surface area contributed by atoms with Crippen molar-refractivity contribution >= 4 is 5.78 Å². The highest BCUT2D eigenvalue weighted by Crippen LogP contribution is 2.28. The van der Waals surface area contributed by atoms with Crippen LogP contribution in [-0.4, -0.2) is 29.3 Å². The Morgan fingerprint density at radius 1 is 1.42 bits per heavy atom. The van der Waals surface area contributed by atoms with Gasteiger partial charge >= 0.3 is 0 Å². The summed E-state index contributed by atoms with van der Waals surface area (Å²) in [5.41, 5.74) is -0.00662. The van der Waals surface area contributed by atoms with Crippen molar-refractivity contribution < 1.29 is 9.90 Å². The molecule has 1 saturated carbocycles. The van der Waals surface area contributed by atoms with Crippen LogP contribution in [0.5, 0.6) is 0 Å². The average molecular weight is 170 g/mol. The SMILES string of the molecule is O=C1CCC2(CC1)CNC(O)N2. The zero-order chi connectivity index (χ0) is 8.60. The van der Waals surface area contributed by atoms with Crippen LogP contribution in [0, 0.1) is 0 Å². The lowest BCUT2D eigenvalue weighted by Crippen LogP contribution is -2.47. The maximum atomic E-state index is 11.0. The fraction of sp³-hybridized carbons (Fsp3) is 0.875. The summed E-state index contributed by atoms with van der Waals surface area (Å²) >= 11 is 0. The van der Waals surface area contributed by atoms with Gasteiger partial charge in [-0.2, -0.15) is 0 Å². The van der Waals surface area contributed by atoms with Gasteiger partial charge in [-0.25, -0.2) is 0 Å². The van der Waals surface area contributed by atoms with Crippen LogP contribution in [-0.2, 0) is 4.79 Å². The molecule has 1 aliphatic carbocycles. The van der Waals surface area contributed by atoms with E-state index in [0.717, 1.165) is 19.4 Å². The van der Waals surface area contributed by atoms with Gasteiger partial charge in [-0.15, -0.1) is 0 Å². The molecule has 1 unspecified atom stereocenters. The molecule has 2 rings (SSSR count). The number of rotatable bonds is 0. The van der Waals surface area contributed by atoms with Crippen LogP contribution in [0.3, 0.4) is 0 Å². The van der Waals surface area contributed by atoms with E-state index in [1.54, 1.807) is 0 Å². The molecule has 0 aromatic carbocycles. The summed E-state index contributed by atoms with van der Waals surface area (Å²) in [4.78, 5) is 11.0. The molecule has 0 amide bonds. The Bertz CT molecular complexity index is 195. The lowest BCUT2D eigenvalue weighted by Gasteiger charge is -2.32. The zero-order valence-electron chi connectivity index (χ0n) is 6.97. The van der Waals surface area contributed by atoms with Crippen molar-refractivity contribution in [1.29, 1.82) is 0 Å². The van der Waals surface area contributed by atoms with Gasteiger partial charge in [0.25, 0.3) is 0 Å². The predicted octanol–water partition coefficient (Wildman–Crippen LogP) is -0.663. The van der Waals surface area contributed by atoms with Gasteiger partial charge in [-0.3, -0.25) is 15.4 Å². The van der Waals surface area contributed by atoms with Crippen LogP contribution in [0.4, 0.5) is 0 Å². The molecule has 2 fully saturated rings. The van der Waals surface area contributed by atoms with Crippen LogP contribution in [0.1, 0.15) is 25.7 Å². The van der Waals surface area contributed by atoms with Gasteiger partial charge in [0.15, 0.2) is 6.35 Å². The van der Waals surface area contributed by atoms with E-state index in [1.807, 2.05) is 0 Å². The van der Waals surface area contributed by atoms with E-state index in [2.05, 4.69) is 10.6 Å². The highest BCUT2D eigenvalue weighted by Gasteiger charge is 2.39. The number of ketones is 1. The van der Waals surface area contributed by atoms with Crippen molar-refractivity contribution in [2.75, 3.05) is 6.54 Å². The van der Waals surface area contributed by atoms with Crippen molar-refractivity contribution in [3.05, 3.63) is 0 Å². The smallest absolute Gasteiger partial charge is 0.161 e. The number of hydrogen-bond acceptors (Lipinski definition) is 4. The largest absolute Gasteiger partial charge is 0.365 e. The summed E-state index contributed by atoms with van der Waals surface area (Å²) < 4.78 is 0. The first kappa shape index (κ1) is 8.16. The van der Waals surface area contributed by atoms with Crippen LogP contribution in [0.15, 0.2) is 0 Å². The maximum Gasteiger partial charge on any atom is 0.161 e. The maximum absolute atomic E-state index is 11.0. The monoisotopic (exact) mass is 170 g/mol. The Morgan fingerprint density at radius 3 is 2.58 bits per heavy atom. The first-order valence-electron chi connectivity index (χ1n) is 4.41. The summed E-state index contributed by atoms with van der Waals surface area (Å²) in [6.45, 7) is 0.779. The summed E-state index contributed by atoms with van der Waals surface area (Å²) in [6.07, 6.45) is 2.44. The lowest BCUT2D eigenvalue weighted by molar-refractivity contribution is -0.121. The van der Waals surface area contributed by atoms with Gasteiger partial charge in [-0.1, -0.05) is 0 Å². The van der Waals surface area contributed by atoms with Crippen molar-refractivity contribution in [1.82, 2.24) is 10.6 Å². The Kier molecular flexibility index (Phi) is 1.90. The van der Waals surface area contributed by atoms with E-state index in [9.17, 15) is 9.90 Å². The molecule has 0 aromatic heterocycles. The third-order valence-electron chi connectivity index (χ3n) is 2.84. The number of hydrogen-bond donors (Lipinski definition) is 3. The van der Waals surface area contributed by atoms with Gasteiger partial charge in [0.05, 0.1) is 0 Å². The van der Waals surface area contributed by atoms with Gasteiger partial charge in [0.2, 0.25) is 0 Å². The molecule has 4 nitrogen and oxygen atoms in total. The molecule has 1 aliphatic heterocycles. The minimum atomic E-state index is -0.585. The highest BCUT2D eigenvalue weighted by atomic mass is 16.3. The number of aliphatic hydroxyl groups is 1. The average Bonchev–Trinajstić information content (AvgIpc) is 2.40. The Morgan fingerprint density at radius 2 is 2.08 bits per heavy atom. The van der Waals surface area contributed by atoms with E-state index in [1.165, 1.54) is 0 Å². The molecule has 1 heterocycles. The van der Waals surface area contributed by atoms with Crippen molar-refractivity contribution in [2.24, 2.45) is 0 Å². The van der Waals surface area contributed by atoms with E-state index in [-0.39, 0.29) is 5.54 Å². The Hall–Kier alpha value is -0.450.